The molecule has 228 valence electrons. The number of aromatic nitrogens is 3. The summed E-state index contributed by atoms with van der Waals surface area (Å²) in [6.45, 7) is 6.79. The number of rotatable bonds is 11. The largest absolute Gasteiger partial charge is 0.492 e. The van der Waals surface area contributed by atoms with Crippen molar-refractivity contribution < 1.29 is 14.3 Å². The monoisotopic (exact) mass is 617 g/mol. The number of hydrogen-bond acceptors (Lipinski definition) is 7. The van der Waals surface area contributed by atoms with Gasteiger partial charge in [-0.3, -0.25) is 4.79 Å². The number of benzene rings is 4. The molecule has 0 aliphatic carbocycles. The third kappa shape index (κ3) is 7.05. The molecule has 4 aromatic carbocycles. The lowest BCUT2D eigenvalue weighted by molar-refractivity contribution is -0.113. The van der Waals surface area contributed by atoms with Gasteiger partial charge < -0.3 is 20.1 Å². The summed E-state index contributed by atoms with van der Waals surface area (Å²) in [5.41, 5.74) is 6.13. The maximum Gasteiger partial charge on any atom is 0.255 e. The fraction of sp³-hybridized carbons (Fsp3) is 0.194. The van der Waals surface area contributed by atoms with Crippen LogP contribution in [0.2, 0.25) is 0 Å². The van der Waals surface area contributed by atoms with Gasteiger partial charge in [-0.1, -0.05) is 96.2 Å². The number of amides is 1. The van der Waals surface area contributed by atoms with Gasteiger partial charge in [0, 0.05) is 11.4 Å². The molecule has 1 aliphatic heterocycles. The second-order valence-electron chi connectivity index (χ2n) is 10.7. The van der Waals surface area contributed by atoms with E-state index in [0.29, 0.717) is 52.8 Å². The average molecular weight is 618 g/mol. The first-order valence-electron chi connectivity index (χ1n) is 14.9. The first kappa shape index (κ1) is 30.0. The number of anilines is 2. The van der Waals surface area contributed by atoms with Crippen LogP contribution in [-0.2, 0) is 17.2 Å². The molecular weight excluding hydrogens is 582 g/mol. The Morgan fingerprint density at radius 1 is 0.911 bits per heavy atom. The number of carbonyl (C=O) groups is 1. The van der Waals surface area contributed by atoms with E-state index in [9.17, 15) is 4.79 Å². The van der Waals surface area contributed by atoms with Gasteiger partial charge in [0.1, 0.15) is 24.1 Å². The normalized spacial score (nSPS) is 14.0. The highest BCUT2D eigenvalue weighted by molar-refractivity contribution is 7.98. The van der Waals surface area contributed by atoms with Crippen molar-refractivity contribution in [2.24, 2.45) is 0 Å². The van der Waals surface area contributed by atoms with Crippen molar-refractivity contribution >= 4 is 29.3 Å². The number of nitrogens with zero attached hydrogens (tertiary/aromatic N) is 3. The standard InChI is InChI=1S/C36H35N5O3S/c1-4-43-31-16-9-8-15-30(31)38-34(42)32-25(3)37-35-39-36(45-23-27-11-6-5-7-12-27)40-41(35)33(32)28-13-10-14-29(21-28)44-22-26-19-17-24(2)18-20-26/h5-21,33H,4,22-23H2,1-3H3,(H,38,42)(H,37,39,40). The molecule has 2 heterocycles. The van der Waals surface area contributed by atoms with Crippen LogP contribution in [-0.4, -0.2) is 27.3 Å². The molecule has 1 aliphatic rings. The second-order valence-corrected chi connectivity index (χ2v) is 11.7. The zero-order valence-electron chi connectivity index (χ0n) is 25.5. The summed E-state index contributed by atoms with van der Waals surface area (Å²) in [5.74, 6) is 2.35. The topological polar surface area (TPSA) is 90.3 Å². The smallest absolute Gasteiger partial charge is 0.255 e. The number of ether oxygens (including phenoxy) is 2. The first-order valence-corrected chi connectivity index (χ1v) is 15.9. The van der Waals surface area contributed by atoms with E-state index in [1.54, 1.807) is 16.4 Å². The Morgan fingerprint density at radius 2 is 1.69 bits per heavy atom. The molecule has 0 spiro atoms. The molecular formula is C36H35N5O3S. The number of fused-ring (bicyclic) bond motifs is 1. The third-order valence-electron chi connectivity index (χ3n) is 7.42. The Morgan fingerprint density at radius 3 is 2.49 bits per heavy atom. The molecule has 1 amide bonds. The zero-order valence-corrected chi connectivity index (χ0v) is 26.3. The number of para-hydroxylation sites is 2. The van der Waals surface area contributed by atoms with E-state index in [1.165, 1.54) is 11.1 Å². The van der Waals surface area contributed by atoms with E-state index < -0.39 is 6.04 Å². The van der Waals surface area contributed by atoms with E-state index >= 15 is 0 Å². The van der Waals surface area contributed by atoms with E-state index in [4.69, 9.17) is 19.6 Å². The molecule has 0 saturated heterocycles. The maximum atomic E-state index is 14.1. The zero-order chi connectivity index (χ0) is 31.2. The van der Waals surface area contributed by atoms with Crippen LogP contribution in [0.15, 0.2) is 120 Å². The number of thioether (sulfide) groups is 1. The highest BCUT2D eigenvalue weighted by Gasteiger charge is 2.35. The number of aryl methyl sites for hydroxylation is 1. The van der Waals surface area contributed by atoms with E-state index in [0.717, 1.165) is 16.9 Å². The Hall–Kier alpha value is -5.02. The molecule has 6 rings (SSSR count). The minimum absolute atomic E-state index is 0.261. The number of allylic oxidation sites excluding steroid dienone is 1. The molecule has 0 bridgehead atoms. The molecule has 0 fully saturated rings. The summed E-state index contributed by atoms with van der Waals surface area (Å²) in [4.78, 5) is 18.9. The fourth-order valence-electron chi connectivity index (χ4n) is 5.18. The van der Waals surface area contributed by atoms with Gasteiger partial charge in [-0.05, 0) is 61.7 Å². The predicted molar refractivity (Wildman–Crippen MR) is 179 cm³/mol. The van der Waals surface area contributed by atoms with Crippen LogP contribution < -0.4 is 20.1 Å². The SMILES string of the molecule is CCOc1ccccc1NC(=O)C1=C(C)Nc2nc(SCc3ccccc3)nn2C1c1cccc(OCc2ccc(C)cc2)c1. The minimum atomic E-state index is -0.554. The van der Waals surface area contributed by atoms with Crippen LogP contribution in [0.5, 0.6) is 11.5 Å². The molecule has 1 atom stereocenters. The Bertz CT molecular complexity index is 1820. The summed E-state index contributed by atoms with van der Waals surface area (Å²) in [7, 11) is 0. The van der Waals surface area contributed by atoms with Crippen LogP contribution in [0.4, 0.5) is 11.6 Å². The molecule has 9 heteroatoms. The van der Waals surface area contributed by atoms with Gasteiger partial charge >= 0.3 is 0 Å². The minimum Gasteiger partial charge on any atom is -0.492 e. The summed E-state index contributed by atoms with van der Waals surface area (Å²) >= 11 is 1.55. The summed E-state index contributed by atoms with van der Waals surface area (Å²) in [6.07, 6.45) is 0. The summed E-state index contributed by atoms with van der Waals surface area (Å²) in [5, 5.41) is 11.9. The lowest BCUT2D eigenvalue weighted by Gasteiger charge is -2.29. The van der Waals surface area contributed by atoms with Gasteiger partial charge in [-0.2, -0.15) is 4.98 Å². The van der Waals surface area contributed by atoms with Crippen molar-refractivity contribution in [2.45, 2.75) is 44.3 Å². The molecule has 0 saturated carbocycles. The number of carbonyl (C=O) groups excluding carboxylic acids is 1. The maximum absolute atomic E-state index is 14.1. The number of hydrogen-bond donors (Lipinski definition) is 2. The van der Waals surface area contributed by atoms with E-state index in [-0.39, 0.29) is 5.91 Å². The Labute approximate surface area is 267 Å². The van der Waals surface area contributed by atoms with Crippen molar-refractivity contribution in [1.29, 1.82) is 0 Å². The fourth-order valence-corrected chi connectivity index (χ4v) is 5.97. The Kier molecular flexibility index (Phi) is 9.17. The van der Waals surface area contributed by atoms with E-state index in [1.807, 2.05) is 80.6 Å². The van der Waals surface area contributed by atoms with Crippen molar-refractivity contribution in [3.8, 4) is 11.5 Å². The number of nitrogens with one attached hydrogen (secondary N) is 2. The molecule has 2 N–H and O–H groups in total. The van der Waals surface area contributed by atoms with Gasteiger partial charge in [0.05, 0.1) is 17.9 Å². The predicted octanol–water partition coefficient (Wildman–Crippen LogP) is 7.78. The molecule has 45 heavy (non-hydrogen) atoms. The quantitative estimate of drug-likeness (QED) is 0.146. The van der Waals surface area contributed by atoms with Gasteiger partial charge in [0.25, 0.3) is 5.91 Å². The van der Waals surface area contributed by atoms with Gasteiger partial charge in [0.2, 0.25) is 11.1 Å². The van der Waals surface area contributed by atoms with Crippen LogP contribution in [0.25, 0.3) is 0 Å². The molecule has 1 aromatic heterocycles. The van der Waals surface area contributed by atoms with Gasteiger partial charge in [-0.15, -0.1) is 5.10 Å². The molecule has 0 radical (unpaired) electrons. The van der Waals surface area contributed by atoms with Crippen LogP contribution in [0, 0.1) is 6.92 Å². The van der Waals surface area contributed by atoms with Crippen LogP contribution in [0.3, 0.4) is 0 Å². The molecule has 1 unspecified atom stereocenters. The van der Waals surface area contributed by atoms with Crippen molar-refractivity contribution in [3.05, 3.63) is 137 Å². The highest BCUT2D eigenvalue weighted by Crippen LogP contribution is 2.38. The summed E-state index contributed by atoms with van der Waals surface area (Å²) in [6, 6.07) is 33.2. The van der Waals surface area contributed by atoms with Crippen molar-refractivity contribution in [1.82, 2.24) is 14.8 Å². The van der Waals surface area contributed by atoms with Crippen LogP contribution in [0.1, 0.15) is 42.1 Å². The van der Waals surface area contributed by atoms with E-state index in [2.05, 4.69) is 54.0 Å². The van der Waals surface area contributed by atoms with Crippen LogP contribution >= 0.6 is 11.8 Å². The molecule has 8 nitrogen and oxygen atoms in total. The van der Waals surface area contributed by atoms with Crippen molar-refractivity contribution in [3.63, 3.8) is 0 Å². The second kappa shape index (κ2) is 13.7. The Balaban J connectivity index is 1.33. The summed E-state index contributed by atoms with van der Waals surface area (Å²) < 4.78 is 13.8. The van der Waals surface area contributed by atoms with Gasteiger partial charge in [-0.25, -0.2) is 4.68 Å². The lowest BCUT2D eigenvalue weighted by Crippen LogP contribution is -2.31. The average Bonchev–Trinajstić information content (AvgIpc) is 3.47. The highest BCUT2D eigenvalue weighted by atomic mass is 32.2. The van der Waals surface area contributed by atoms with Crippen molar-refractivity contribution in [2.75, 3.05) is 17.2 Å². The van der Waals surface area contributed by atoms with Gasteiger partial charge in [0.15, 0.2) is 0 Å². The third-order valence-corrected chi connectivity index (χ3v) is 8.33. The molecule has 5 aromatic rings. The lowest BCUT2D eigenvalue weighted by atomic mass is 9.94. The first-order chi connectivity index (χ1) is 22.0.